The summed E-state index contributed by atoms with van der Waals surface area (Å²) in [6.45, 7) is 3.51. The molecule has 0 aromatic carbocycles. The Kier molecular flexibility index (Phi) is 5.17. The Morgan fingerprint density at radius 1 is 1.30 bits per heavy atom. The number of carbonyl (C=O) groups excluding carboxylic acids is 3. The third-order valence-corrected chi connectivity index (χ3v) is 4.24. The van der Waals surface area contributed by atoms with Gasteiger partial charge in [0, 0.05) is 7.05 Å². The largest absolute Gasteiger partial charge is 0.462 e. The van der Waals surface area contributed by atoms with Crippen molar-refractivity contribution in [2.75, 3.05) is 19.0 Å². The number of rotatable bonds is 5. The van der Waals surface area contributed by atoms with Crippen LogP contribution in [0.5, 0.6) is 0 Å². The molecule has 0 saturated heterocycles. The van der Waals surface area contributed by atoms with Gasteiger partial charge in [-0.1, -0.05) is 0 Å². The van der Waals surface area contributed by atoms with Gasteiger partial charge in [0.2, 0.25) is 0 Å². The van der Waals surface area contributed by atoms with Crippen molar-refractivity contribution in [1.82, 2.24) is 5.32 Å². The van der Waals surface area contributed by atoms with Crippen LogP contribution in [0.4, 0.5) is 5.00 Å². The second kappa shape index (κ2) is 7.10. The Morgan fingerprint density at radius 2 is 2.04 bits per heavy atom. The number of nitrogens with one attached hydrogen (secondary N) is 2. The highest BCUT2D eigenvalue weighted by Gasteiger charge is 2.26. The Bertz CT molecular complexity index is 733. The van der Waals surface area contributed by atoms with Gasteiger partial charge in [-0.25, -0.2) is 4.79 Å². The van der Waals surface area contributed by atoms with Crippen LogP contribution in [0.1, 0.15) is 43.1 Å². The number of amides is 2. The number of ether oxygens (including phenoxy) is 1. The van der Waals surface area contributed by atoms with Gasteiger partial charge in [0.15, 0.2) is 5.76 Å². The van der Waals surface area contributed by atoms with E-state index in [0.29, 0.717) is 10.4 Å². The molecule has 0 radical (unpaired) electrons. The highest BCUT2D eigenvalue weighted by molar-refractivity contribution is 7.18. The van der Waals surface area contributed by atoms with Crippen molar-refractivity contribution < 1.29 is 23.5 Å². The fourth-order valence-corrected chi connectivity index (χ4v) is 3.09. The molecule has 0 aliphatic carbocycles. The van der Waals surface area contributed by atoms with E-state index < -0.39 is 11.9 Å². The van der Waals surface area contributed by atoms with E-state index in [1.807, 2.05) is 0 Å². The lowest BCUT2D eigenvalue weighted by Crippen LogP contribution is -2.18. The van der Waals surface area contributed by atoms with Crippen molar-refractivity contribution in [2.45, 2.75) is 13.8 Å². The number of hydrogen-bond donors (Lipinski definition) is 2. The zero-order chi connectivity index (χ0) is 17.0. The van der Waals surface area contributed by atoms with Gasteiger partial charge in [0.05, 0.1) is 23.3 Å². The minimum absolute atomic E-state index is 0.104. The number of carbonyl (C=O) groups is 3. The molecule has 2 aromatic heterocycles. The van der Waals surface area contributed by atoms with E-state index in [1.165, 1.54) is 19.4 Å². The highest BCUT2D eigenvalue weighted by atomic mass is 32.1. The topological polar surface area (TPSA) is 97.6 Å². The van der Waals surface area contributed by atoms with Crippen molar-refractivity contribution >= 4 is 34.1 Å². The van der Waals surface area contributed by atoms with Gasteiger partial charge < -0.3 is 19.8 Å². The summed E-state index contributed by atoms with van der Waals surface area (Å²) in [5.41, 5.74) is 0.637. The summed E-state index contributed by atoms with van der Waals surface area (Å²) in [5.74, 6) is -1.33. The lowest BCUT2D eigenvalue weighted by molar-refractivity contribution is 0.0527. The molecule has 0 aliphatic heterocycles. The van der Waals surface area contributed by atoms with Crippen molar-refractivity contribution in [3.63, 3.8) is 0 Å². The Hall–Kier alpha value is -2.61. The molecule has 2 aromatic rings. The van der Waals surface area contributed by atoms with Gasteiger partial charge in [0.25, 0.3) is 11.8 Å². The van der Waals surface area contributed by atoms with Crippen LogP contribution < -0.4 is 10.6 Å². The summed E-state index contributed by atoms with van der Waals surface area (Å²) in [7, 11) is 1.49. The SMILES string of the molecule is CCOC(=O)c1c(NC(=O)c2ccco2)sc(C(=O)NC)c1C. The zero-order valence-electron chi connectivity index (χ0n) is 12.9. The molecule has 8 heteroatoms. The molecular weight excluding hydrogens is 320 g/mol. The van der Waals surface area contributed by atoms with Crippen molar-refractivity contribution in [3.05, 3.63) is 40.2 Å². The Balaban J connectivity index is 2.42. The van der Waals surface area contributed by atoms with E-state index in [1.54, 1.807) is 19.9 Å². The zero-order valence-corrected chi connectivity index (χ0v) is 13.7. The van der Waals surface area contributed by atoms with E-state index in [-0.39, 0.29) is 28.8 Å². The molecule has 0 bridgehead atoms. The average Bonchev–Trinajstić information content (AvgIpc) is 3.15. The smallest absolute Gasteiger partial charge is 0.341 e. The normalized spacial score (nSPS) is 10.2. The van der Waals surface area contributed by atoms with Gasteiger partial charge in [0.1, 0.15) is 5.00 Å². The van der Waals surface area contributed by atoms with Crippen LogP contribution in [-0.2, 0) is 4.74 Å². The summed E-state index contributed by atoms with van der Waals surface area (Å²) >= 11 is 1.01. The van der Waals surface area contributed by atoms with Crippen LogP contribution in [-0.4, -0.2) is 31.4 Å². The standard InChI is InChI=1S/C15H16N2O5S/c1-4-21-15(20)10-8(2)11(13(19)16-3)23-14(10)17-12(18)9-6-5-7-22-9/h5-7H,4H2,1-3H3,(H,16,19)(H,17,18). The summed E-state index contributed by atoms with van der Waals surface area (Å²) in [4.78, 5) is 36.5. The fourth-order valence-electron chi connectivity index (χ4n) is 1.95. The predicted molar refractivity (Wildman–Crippen MR) is 85.1 cm³/mol. The maximum atomic E-state index is 12.2. The van der Waals surface area contributed by atoms with Crippen LogP contribution >= 0.6 is 11.3 Å². The van der Waals surface area contributed by atoms with E-state index in [4.69, 9.17) is 9.15 Å². The van der Waals surface area contributed by atoms with E-state index in [2.05, 4.69) is 10.6 Å². The summed E-state index contributed by atoms with van der Waals surface area (Å²) in [6.07, 6.45) is 1.37. The molecule has 2 heterocycles. The first-order chi connectivity index (χ1) is 11.0. The molecule has 0 fully saturated rings. The molecule has 2 N–H and O–H groups in total. The second-order valence-electron chi connectivity index (χ2n) is 4.49. The molecule has 23 heavy (non-hydrogen) atoms. The number of furan rings is 1. The number of esters is 1. The van der Waals surface area contributed by atoms with Crippen LogP contribution in [0.3, 0.4) is 0 Å². The molecule has 0 atom stereocenters. The Labute approximate surface area is 136 Å². The average molecular weight is 336 g/mol. The third kappa shape index (κ3) is 3.42. The van der Waals surface area contributed by atoms with E-state index in [0.717, 1.165) is 11.3 Å². The number of hydrogen-bond acceptors (Lipinski definition) is 6. The summed E-state index contributed by atoms with van der Waals surface area (Å²) in [6, 6.07) is 3.08. The lowest BCUT2D eigenvalue weighted by atomic mass is 10.1. The Morgan fingerprint density at radius 3 is 2.61 bits per heavy atom. The monoisotopic (exact) mass is 336 g/mol. The summed E-state index contributed by atoms with van der Waals surface area (Å²) < 4.78 is 10.0. The summed E-state index contributed by atoms with van der Waals surface area (Å²) in [5, 5.41) is 5.35. The van der Waals surface area contributed by atoms with Crippen molar-refractivity contribution in [1.29, 1.82) is 0 Å². The first-order valence-corrected chi connectivity index (χ1v) is 7.68. The first kappa shape index (κ1) is 16.8. The molecule has 0 unspecified atom stereocenters. The molecule has 2 amide bonds. The second-order valence-corrected chi connectivity index (χ2v) is 5.51. The quantitative estimate of drug-likeness (QED) is 0.817. The predicted octanol–water partition coefficient (Wildman–Crippen LogP) is 2.44. The molecule has 0 spiro atoms. The van der Waals surface area contributed by atoms with Crippen LogP contribution in [0, 0.1) is 6.92 Å². The minimum atomic E-state index is -0.592. The molecule has 122 valence electrons. The van der Waals surface area contributed by atoms with Crippen LogP contribution in [0.15, 0.2) is 22.8 Å². The fraction of sp³-hybridized carbons (Fsp3) is 0.267. The minimum Gasteiger partial charge on any atom is -0.462 e. The first-order valence-electron chi connectivity index (χ1n) is 6.87. The van der Waals surface area contributed by atoms with Crippen molar-refractivity contribution in [2.24, 2.45) is 0 Å². The number of thiophene rings is 1. The molecule has 2 rings (SSSR count). The van der Waals surface area contributed by atoms with Crippen LogP contribution in [0.2, 0.25) is 0 Å². The molecule has 7 nitrogen and oxygen atoms in total. The lowest BCUT2D eigenvalue weighted by Gasteiger charge is -2.06. The van der Waals surface area contributed by atoms with Gasteiger partial charge >= 0.3 is 5.97 Å². The highest BCUT2D eigenvalue weighted by Crippen LogP contribution is 2.34. The number of anilines is 1. The molecule has 0 saturated carbocycles. The maximum absolute atomic E-state index is 12.2. The molecule has 0 aliphatic rings. The van der Waals surface area contributed by atoms with Gasteiger partial charge in [-0.05, 0) is 31.5 Å². The van der Waals surface area contributed by atoms with E-state index in [9.17, 15) is 14.4 Å². The third-order valence-electron chi connectivity index (χ3n) is 3.03. The van der Waals surface area contributed by atoms with Crippen molar-refractivity contribution in [3.8, 4) is 0 Å². The maximum Gasteiger partial charge on any atom is 0.341 e. The van der Waals surface area contributed by atoms with Gasteiger partial charge in [-0.3, -0.25) is 9.59 Å². The van der Waals surface area contributed by atoms with Crippen LogP contribution in [0.25, 0.3) is 0 Å². The van der Waals surface area contributed by atoms with E-state index >= 15 is 0 Å². The molecular formula is C15H16N2O5S. The van der Waals surface area contributed by atoms with Gasteiger partial charge in [-0.2, -0.15) is 0 Å². The van der Waals surface area contributed by atoms with Gasteiger partial charge in [-0.15, -0.1) is 11.3 Å².